The van der Waals surface area contributed by atoms with Gasteiger partial charge >= 0.3 is 12.1 Å². The number of carbonyl (C=O) groups excluding carboxylic acids is 2. The molecule has 0 saturated carbocycles. The monoisotopic (exact) mass is 548 g/mol. The number of primary amides is 1. The third-order valence-electron chi connectivity index (χ3n) is 6.11. The Morgan fingerprint density at radius 2 is 1.64 bits per heavy atom. The van der Waals surface area contributed by atoms with Crippen molar-refractivity contribution in [2.45, 2.75) is 19.1 Å². The number of halogens is 5. The third kappa shape index (κ3) is 7.12. The van der Waals surface area contributed by atoms with Crippen molar-refractivity contribution in [1.82, 2.24) is 9.88 Å². The number of amides is 2. The van der Waals surface area contributed by atoms with Crippen LogP contribution in [-0.2, 0) is 11.3 Å². The predicted octanol–water partition coefficient (Wildman–Crippen LogP) is 4.42. The van der Waals surface area contributed by atoms with Crippen LogP contribution in [0.2, 0.25) is 0 Å². The topological polar surface area (TPSA) is 104 Å². The number of benzene rings is 2. The van der Waals surface area contributed by atoms with Gasteiger partial charge in [0.2, 0.25) is 0 Å². The lowest BCUT2D eigenvalue weighted by atomic mass is 10.1. The van der Waals surface area contributed by atoms with Crippen LogP contribution in [0.15, 0.2) is 54.7 Å². The number of rotatable bonds is 7. The van der Waals surface area contributed by atoms with Crippen LogP contribution in [0.3, 0.4) is 0 Å². The van der Waals surface area contributed by atoms with Crippen LogP contribution in [-0.4, -0.2) is 54.1 Å². The Bertz CT molecular complexity index is 1330. The van der Waals surface area contributed by atoms with Gasteiger partial charge in [-0.2, -0.15) is 13.2 Å². The van der Waals surface area contributed by atoms with Gasteiger partial charge in [0.15, 0.2) is 0 Å². The molecular formula is C26H25F5N6O2. The van der Waals surface area contributed by atoms with E-state index in [1.807, 2.05) is 4.90 Å². The first-order valence-corrected chi connectivity index (χ1v) is 12.0. The smallest absolute Gasteiger partial charge is 0.380 e. The minimum atomic E-state index is -4.89. The quantitative estimate of drug-likeness (QED) is 0.378. The fourth-order valence-corrected chi connectivity index (χ4v) is 4.24. The molecule has 1 aliphatic rings. The van der Waals surface area contributed by atoms with Crippen LogP contribution in [0.25, 0.3) is 0 Å². The summed E-state index contributed by atoms with van der Waals surface area (Å²) >= 11 is 0. The first kappa shape index (κ1) is 27.6. The molecule has 0 unspecified atom stereocenters. The molecule has 2 heterocycles. The number of nitrogens with one attached hydrogen (secondary N) is 2. The highest BCUT2D eigenvalue weighted by Crippen LogP contribution is 2.26. The fraction of sp³-hybridized carbons (Fsp3) is 0.269. The van der Waals surface area contributed by atoms with Gasteiger partial charge in [0.25, 0.3) is 5.91 Å². The summed E-state index contributed by atoms with van der Waals surface area (Å²) in [6.45, 7) is 0.775. The Morgan fingerprint density at radius 3 is 2.28 bits per heavy atom. The molecule has 0 spiro atoms. The lowest BCUT2D eigenvalue weighted by Crippen LogP contribution is -2.43. The lowest BCUT2D eigenvalue weighted by Gasteiger charge is -2.24. The Hall–Kier alpha value is -4.42. The average molecular weight is 549 g/mol. The Morgan fingerprint density at radius 1 is 0.949 bits per heavy atom. The first-order valence-electron chi connectivity index (χ1n) is 12.0. The molecule has 0 radical (unpaired) electrons. The number of anilines is 4. The molecule has 3 aromatic rings. The van der Waals surface area contributed by atoms with Crippen molar-refractivity contribution >= 4 is 34.7 Å². The molecule has 4 N–H and O–H groups in total. The maximum atomic E-state index is 13.5. The summed E-state index contributed by atoms with van der Waals surface area (Å²) in [7, 11) is 0. The number of carbonyl (C=O) groups is 2. The molecule has 206 valence electrons. The van der Waals surface area contributed by atoms with E-state index in [1.54, 1.807) is 24.3 Å². The van der Waals surface area contributed by atoms with E-state index in [0.29, 0.717) is 35.7 Å². The van der Waals surface area contributed by atoms with E-state index in [4.69, 9.17) is 5.73 Å². The van der Waals surface area contributed by atoms with Crippen molar-refractivity contribution in [1.29, 1.82) is 0 Å². The zero-order valence-corrected chi connectivity index (χ0v) is 20.6. The highest BCUT2D eigenvalue weighted by molar-refractivity contribution is 5.98. The standard InChI is InChI=1S/C26H25F5N6O2/c27-17-10-16(11-18(28)12-17)14-33-22-13-23(34-15-21(22)24(32)38)35-19-2-4-20(5-3-19)36-6-1-7-37(9-8-36)25(39)26(29,30)31/h2-5,10-13,15H,1,6-9,14H2,(H2,32,38)(H2,33,34,35). The van der Waals surface area contributed by atoms with Crippen molar-refractivity contribution < 1.29 is 31.5 Å². The second-order valence-corrected chi connectivity index (χ2v) is 8.91. The van der Waals surface area contributed by atoms with E-state index in [-0.39, 0.29) is 31.7 Å². The molecule has 1 aromatic heterocycles. The largest absolute Gasteiger partial charge is 0.471 e. The third-order valence-corrected chi connectivity index (χ3v) is 6.11. The molecule has 1 aliphatic heterocycles. The lowest BCUT2D eigenvalue weighted by molar-refractivity contribution is -0.185. The summed E-state index contributed by atoms with van der Waals surface area (Å²) in [6, 6.07) is 11.7. The van der Waals surface area contributed by atoms with Crippen molar-refractivity contribution in [2.24, 2.45) is 5.73 Å². The second kappa shape index (κ2) is 11.5. The number of alkyl halides is 3. The van der Waals surface area contributed by atoms with Gasteiger partial charge in [-0.25, -0.2) is 13.8 Å². The van der Waals surface area contributed by atoms with Gasteiger partial charge in [-0.1, -0.05) is 0 Å². The van der Waals surface area contributed by atoms with Gasteiger partial charge in [0.05, 0.1) is 11.3 Å². The van der Waals surface area contributed by atoms with Crippen LogP contribution >= 0.6 is 0 Å². The van der Waals surface area contributed by atoms with Gasteiger partial charge in [0, 0.05) is 62.4 Å². The average Bonchev–Trinajstić information content (AvgIpc) is 3.13. The summed E-state index contributed by atoms with van der Waals surface area (Å²) in [4.78, 5) is 30.3. The van der Waals surface area contributed by atoms with Crippen molar-refractivity contribution in [3.63, 3.8) is 0 Å². The molecule has 0 aliphatic carbocycles. The number of aromatic nitrogens is 1. The molecule has 0 bridgehead atoms. The molecule has 0 atom stereocenters. The van der Waals surface area contributed by atoms with Gasteiger partial charge in [-0.15, -0.1) is 0 Å². The van der Waals surface area contributed by atoms with Crippen molar-refractivity contribution in [2.75, 3.05) is 41.7 Å². The van der Waals surface area contributed by atoms with E-state index >= 15 is 0 Å². The summed E-state index contributed by atoms with van der Waals surface area (Å²) in [5.41, 5.74) is 7.58. The minimum absolute atomic E-state index is 0.0228. The molecule has 39 heavy (non-hydrogen) atoms. The Kier molecular flexibility index (Phi) is 8.17. The van der Waals surface area contributed by atoms with Crippen LogP contribution in [0, 0.1) is 11.6 Å². The molecule has 8 nitrogen and oxygen atoms in total. The molecule has 4 rings (SSSR count). The van der Waals surface area contributed by atoms with Crippen LogP contribution in [0.5, 0.6) is 0 Å². The zero-order chi connectivity index (χ0) is 28.2. The molecule has 2 aromatic carbocycles. The summed E-state index contributed by atoms with van der Waals surface area (Å²) in [6.07, 6.45) is -3.21. The molecule has 1 saturated heterocycles. The molecule has 2 amide bonds. The highest BCUT2D eigenvalue weighted by Gasteiger charge is 2.42. The first-order chi connectivity index (χ1) is 18.5. The molecule has 13 heteroatoms. The van der Waals surface area contributed by atoms with Crippen LogP contribution < -0.4 is 21.3 Å². The van der Waals surface area contributed by atoms with E-state index in [0.717, 1.165) is 28.8 Å². The van der Waals surface area contributed by atoms with E-state index < -0.39 is 29.6 Å². The Labute approximate surface area is 220 Å². The number of nitrogens with two attached hydrogens (primary N) is 1. The van der Waals surface area contributed by atoms with Gasteiger partial charge in [-0.3, -0.25) is 9.59 Å². The maximum Gasteiger partial charge on any atom is 0.471 e. The normalized spacial score (nSPS) is 14.1. The summed E-state index contributed by atoms with van der Waals surface area (Å²) < 4.78 is 65.3. The van der Waals surface area contributed by atoms with Gasteiger partial charge in [-0.05, 0) is 48.4 Å². The van der Waals surface area contributed by atoms with E-state index in [1.165, 1.54) is 12.3 Å². The summed E-state index contributed by atoms with van der Waals surface area (Å²) in [5.74, 6) is -3.66. The SMILES string of the molecule is NC(=O)c1cnc(Nc2ccc(N3CCCN(C(=O)C(F)(F)F)CC3)cc2)cc1NCc1cc(F)cc(F)c1. The maximum absolute atomic E-state index is 13.5. The number of hydrogen-bond acceptors (Lipinski definition) is 6. The minimum Gasteiger partial charge on any atom is -0.380 e. The predicted molar refractivity (Wildman–Crippen MR) is 136 cm³/mol. The van der Waals surface area contributed by atoms with Crippen molar-refractivity contribution in [3.8, 4) is 0 Å². The summed E-state index contributed by atoms with van der Waals surface area (Å²) in [5, 5.41) is 6.04. The number of hydrogen-bond donors (Lipinski definition) is 3. The van der Waals surface area contributed by atoms with Crippen LogP contribution in [0.1, 0.15) is 22.3 Å². The van der Waals surface area contributed by atoms with Crippen molar-refractivity contribution in [3.05, 3.63) is 77.5 Å². The zero-order valence-electron chi connectivity index (χ0n) is 20.6. The second-order valence-electron chi connectivity index (χ2n) is 8.91. The number of pyridine rings is 1. The van der Waals surface area contributed by atoms with Crippen LogP contribution in [0.4, 0.5) is 44.8 Å². The van der Waals surface area contributed by atoms with E-state index in [2.05, 4.69) is 15.6 Å². The number of nitrogens with zero attached hydrogens (tertiary/aromatic N) is 3. The fourth-order valence-electron chi connectivity index (χ4n) is 4.24. The van der Waals surface area contributed by atoms with E-state index in [9.17, 15) is 31.5 Å². The molecular weight excluding hydrogens is 523 g/mol. The molecule has 1 fully saturated rings. The highest BCUT2D eigenvalue weighted by atomic mass is 19.4. The van der Waals surface area contributed by atoms with Gasteiger partial charge in [0.1, 0.15) is 17.5 Å². The Balaban J connectivity index is 1.42. The van der Waals surface area contributed by atoms with Gasteiger partial charge < -0.3 is 26.2 Å².